The zero-order valence-corrected chi connectivity index (χ0v) is 9.80. The number of methoxy groups -OCH3 is 1. The van der Waals surface area contributed by atoms with E-state index < -0.39 is 0 Å². The third kappa shape index (κ3) is 1.62. The van der Waals surface area contributed by atoms with Gasteiger partial charge in [-0.15, -0.1) is 0 Å². The van der Waals surface area contributed by atoms with E-state index in [1.54, 1.807) is 0 Å². The van der Waals surface area contributed by atoms with E-state index >= 15 is 0 Å². The maximum absolute atomic E-state index is 6.00. The minimum Gasteiger partial charge on any atom is -0.378 e. The van der Waals surface area contributed by atoms with Gasteiger partial charge >= 0.3 is 0 Å². The number of ether oxygens (including phenoxy) is 1. The molecule has 2 saturated heterocycles. The summed E-state index contributed by atoms with van der Waals surface area (Å²) in [6.07, 6.45) is 11.0. The predicted molar refractivity (Wildman–Crippen MR) is 60.9 cm³/mol. The van der Waals surface area contributed by atoms with Crippen molar-refractivity contribution in [3.8, 4) is 0 Å². The van der Waals surface area contributed by atoms with Crippen molar-refractivity contribution in [2.45, 2.75) is 69.1 Å². The van der Waals surface area contributed by atoms with Crippen LogP contribution in [0.1, 0.15) is 51.4 Å². The molecule has 2 atom stereocenters. The summed E-state index contributed by atoms with van der Waals surface area (Å²) in [7, 11) is 1.95. The number of hydrogen-bond donors (Lipinski definition) is 1. The Balaban J connectivity index is 1.79. The Kier molecular flexibility index (Phi) is 2.52. The van der Waals surface area contributed by atoms with Crippen molar-refractivity contribution in [3.63, 3.8) is 0 Å². The average Bonchev–Trinajstić information content (AvgIpc) is 2.88. The van der Waals surface area contributed by atoms with Gasteiger partial charge < -0.3 is 10.1 Å². The number of rotatable bonds is 2. The lowest BCUT2D eigenvalue weighted by Crippen LogP contribution is -2.53. The van der Waals surface area contributed by atoms with Crippen LogP contribution >= 0.6 is 0 Å². The molecule has 2 heteroatoms. The van der Waals surface area contributed by atoms with Crippen LogP contribution in [0.3, 0.4) is 0 Å². The molecule has 2 nitrogen and oxygen atoms in total. The topological polar surface area (TPSA) is 21.3 Å². The molecule has 86 valence electrons. The molecule has 2 bridgehead atoms. The molecule has 0 amide bonds. The third-order valence-corrected chi connectivity index (χ3v) is 5.02. The van der Waals surface area contributed by atoms with Crippen LogP contribution in [0, 0.1) is 5.92 Å². The molecule has 15 heavy (non-hydrogen) atoms. The lowest BCUT2D eigenvalue weighted by atomic mass is 9.76. The van der Waals surface area contributed by atoms with Crippen molar-refractivity contribution in [1.29, 1.82) is 0 Å². The molecule has 0 aromatic heterocycles. The van der Waals surface area contributed by atoms with Crippen molar-refractivity contribution in [1.82, 2.24) is 5.32 Å². The fourth-order valence-electron chi connectivity index (χ4n) is 4.26. The first-order valence-corrected chi connectivity index (χ1v) is 6.63. The minimum absolute atomic E-state index is 0.244. The third-order valence-electron chi connectivity index (χ3n) is 5.02. The van der Waals surface area contributed by atoms with Gasteiger partial charge in [-0.2, -0.15) is 0 Å². The smallest absolute Gasteiger partial charge is 0.0736 e. The summed E-state index contributed by atoms with van der Waals surface area (Å²) < 4.78 is 6.00. The number of piperidine rings is 1. The zero-order valence-electron chi connectivity index (χ0n) is 9.80. The lowest BCUT2D eigenvalue weighted by Gasteiger charge is -2.44. The molecule has 3 aliphatic rings. The van der Waals surface area contributed by atoms with Crippen molar-refractivity contribution < 1.29 is 4.74 Å². The summed E-state index contributed by atoms with van der Waals surface area (Å²) in [6, 6.07) is 1.51. The van der Waals surface area contributed by atoms with Crippen LogP contribution in [-0.2, 0) is 4.74 Å². The van der Waals surface area contributed by atoms with Gasteiger partial charge in [0.1, 0.15) is 0 Å². The highest BCUT2D eigenvalue weighted by Gasteiger charge is 2.48. The van der Waals surface area contributed by atoms with E-state index in [2.05, 4.69) is 5.32 Å². The second-order valence-corrected chi connectivity index (χ2v) is 5.80. The standard InChI is InChI=1S/C13H23NO/c1-15-13(10-4-2-3-5-10)8-11-6-7-12(9-13)14-11/h10-12,14H,2-9H2,1H3. The summed E-state index contributed by atoms with van der Waals surface area (Å²) >= 11 is 0. The molecule has 1 N–H and O–H groups in total. The highest BCUT2D eigenvalue weighted by atomic mass is 16.5. The van der Waals surface area contributed by atoms with E-state index in [9.17, 15) is 0 Å². The summed E-state index contributed by atoms with van der Waals surface area (Å²) in [5.41, 5.74) is 0.244. The van der Waals surface area contributed by atoms with E-state index in [4.69, 9.17) is 4.74 Å². The lowest BCUT2D eigenvalue weighted by molar-refractivity contribution is -0.0890. The van der Waals surface area contributed by atoms with Crippen molar-refractivity contribution in [3.05, 3.63) is 0 Å². The molecule has 0 aromatic rings. The summed E-state index contributed by atoms with van der Waals surface area (Å²) in [6.45, 7) is 0. The minimum atomic E-state index is 0.244. The SMILES string of the molecule is COC1(C2CCCC2)CC2CCC(C1)N2. The van der Waals surface area contributed by atoms with Gasteiger partial charge in [0.2, 0.25) is 0 Å². The number of nitrogens with one attached hydrogen (secondary N) is 1. The molecule has 3 fully saturated rings. The van der Waals surface area contributed by atoms with E-state index in [1.165, 1.54) is 51.4 Å². The van der Waals surface area contributed by atoms with Crippen molar-refractivity contribution >= 4 is 0 Å². The Morgan fingerprint density at radius 1 is 1.00 bits per heavy atom. The molecule has 0 aromatic carbocycles. The molecular formula is C13H23NO. The monoisotopic (exact) mass is 209 g/mol. The molecule has 1 aliphatic carbocycles. The van der Waals surface area contributed by atoms with Gasteiger partial charge in [0.05, 0.1) is 5.60 Å². The van der Waals surface area contributed by atoms with Crippen LogP contribution in [0.2, 0.25) is 0 Å². The molecular weight excluding hydrogens is 186 g/mol. The molecule has 2 aliphatic heterocycles. The van der Waals surface area contributed by atoms with Crippen molar-refractivity contribution in [2.75, 3.05) is 7.11 Å². The Hall–Kier alpha value is -0.0800. The van der Waals surface area contributed by atoms with Crippen LogP contribution < -0.4 is 5.32 Å². The normalized spacial score (nSPS) is 46.2. The summed E-state index contributed by atoms with van der Waals surface area (Å²) in [4.78, 5) is 0. The second kappa shape index (κ2) is 3.74. The molecule has 1 saturated carbocycles. The zero-order chi connectivity index (χ0) is 10.3. The second-order valence-electron chi connectivity index (χ2n) is 5.80. The van der Waals surface area contributed by atoms with Crippen LogP contribution in [0.4, 0.5) is 0 Å². The largest absolute Gasteiger partial charge is 0.378 e. The van der Waals surface area contributed by atoms with E-state index in [0.717, 1.165) is 18.0 Å². The van der Waals surface area contributed by atoms with Gasteiger partial charge in [-0.1, -0.05) is 12.8 Å². The Morgan fingerprint density at radius 3 is 2.13 bits per heavy atom. The van der Waals surface area contributed by atoms with Crippen molar-refractivity contribution in [2.24, 2.45) is 5.92 Å². The van der Waals surface area contributed by atoms with Gasteiger partial charge in [-0.25, -0.2) is 0 Å². The van der Waals surface area contributed by atoms with Crippen LogP contribution in [-0.4, -0.2) is 24.8 Å². The van der Waals surface area contributed by atoms with Crippen LogP contribution in [0.5, 0.6) is 0 Å². The highest BCUT2D eigenvalue weighted by molar-refractivity contribution is 5.04. The molecule has 2 heterocycles. The first-order valence-electron chi connectivity index (χ1n) is 6.63. The van der Waals surface area contributed by atoms with E-state index in [0.29, 0.717) is 0 Å². The van der Waals surface area contributed by atoms with E-state index in [-0.39, 0.29) is 5.60 Å². The van der Waals surface area contributed by atoms with Gasteiger partial charge in [-0.3, -0.25) is 0 Å². The Labute approximate surface area is 92.8 Å². The number of fused-ring (bicyclic) bond motifs is 2. The first-order chi connectivity index (χ1) is 7.32. The average molecular weight is 209 g/mol. The predicted octanol–water partition coefficient (Wildman–Crippen LogP) is 2.48. The molecule has 3 rings (SSSR count). The number of hydrogen-bond acceptors (Lipinski definition) is 2. The van der Waals surface area contributed by atoms with Gasteiger partial charge in [0, 0.05) is 19.2 Å². The fourth-order valence-corrected chi connectivity index (χ4v) is 4.26. The van der Waals surface area contributed by atoms with Gasteiger partial charge in [0.25, 0.3) is 0 Å². The maximum Gasteiger partial charge on any atom is 0.0736 e. The Morgan fingerprint density at radius 2 is 1.60 bits per heavy atom. The maximum atomic E-state index is 6.00. The fraction of sp³-hybridized carbons (Fsp3) is 1.00. The van der Waals surface area contributed by atoms with Crippen LogP contribution in [0.15, 0.2) is 0 Å². The quantitative estimate of drug-likeness (QED) is 0.754. The van der Waals surface area contributed by atoms with Gasteiger partial charge in [-0.05, 0) is 44.4 Å². The van der Waals surface area contributed by atoms with E-state index in [1.807, 2.05) is 7.11 Å². The summed E-state index contributed by atoms with van der Waals surface area (Å²) in [5.74, 6) is 0.854. The van der Waals surface area contributed by atoms with Gasteiger partial charge in [0.15, 0.2) is 0 Å². The Bertz CT molecular complexity index is 223. The summed E-state index contributed by atoms with van der Waals surface area (Å²) in [5, 5.41) is 3.72. The molecule has 2 unspecified atom stereocenters. The first kappa shape index (κ1) is 10.1. The highest BCUT2D eigenvalue weighted by Crippen LogP contribution is 2.46. The molecule has 0 radical (unpaired) electrons. The van der Waals surface area contributed by atoms with Crippen LogP contribution in [0.25, 0.3) is 0 Å². The molecule has 0 spiro atoms.